The first-order valence-corrected chi connectivity index (χ1v) is 4.35. The monoisotopic (exact) mass is 196 g/mol. The van der Waals surface area contributed by atoms with E-state index in [9.17, 15) is 13.6 Å². The number of hydrogen-bond acceptors (Lipinski definition) is 1. The Labute approximate surface area is 76.6 Å². The first-order chi connectivity index (χ1) is 5.88. The average molecular weight is 196 g/mol. The lowest BCUT2D eigenvalue weighted by Gasteiger charge is -2.38. The van der Waals surface area contributed by atoms with Gasteiger partial charge >= 0.3 is 12.0 Å². The van der Waals surface area contributed by atoms with Crippen LogP contribution in [0.15, 0.2) is 0 Å². The van der Waals surface area contributed by atoms with E-state index in [1.165, 1.54) is 0 Å². The summed E-state index contributed by atoms with van der Waals surface area (Å²) in [5, 5.41) is 8.40. The van der Waals surface area contributed by atoms with E-state index < -0.39 is 16.5 Å². The third-order valence-electron chi connectivity index (χ3n) is 2.67. The first-order valence-electron chi connectivity index (χ1n) is 4.35. The molecular formula is C8H16F2NO2+. The Morgan fingerprint density at radius 2 is 1.54 bits per heavy atom. The number of carbonyl (C=O) groups is 1. The van der Waals surface area contributed by atoms with Crippen molar-refractivity contribution in [3.8, 4) is 0 Å². The maximum absolute atomic E-state index is 13.2. The maximum atomic E-state index is 13.2. The molecule has 0 spiro atoms. The van der Waals surface area contributed by atoms with E-state index in [1.54, 1.807) is 20.8 Å². The lowest BCUT2D eigenvalue weighted by atomic mass is 10.3. The Bertz CT molecular complexity index is 182. The molecule has 78 valence electrons. The van der Waals surface area contributed by atoms with Crippen LogP contribution in [0.2, 0.25) is 0 Å². The van der Waals surface area contributed by atoms with Crippen molar-refractivity contribution in [2.24, 2.45) is 0 Å². The van der Waals surface area contributed by atoms with Crippen molar-refractivity contribution >= 4 is 5.97 Å². The Morgan fingerprint density at radius 3 is 1.62 bits per heavy atom. The van der Waals surface area contributed by atoms with E-state index >= 15 is 0 Å². The Kier molecular flexibility index (Phi) is 3.78. The Hall–Kier alpha value is -0.710. The van der Waals surface area contributed by atoms with Crippen LogP contribution >= 0.6 is 0 Å². The highest BCUT2D eigenvalue weighted by Crippen LogP contribution is 2.28. The molecule has 0 aromatic carbocycles. The smallest absolute Gasteiger partial charge is 0.472 e. The fraction of sp³-hybridized carbons (Fsp3) is 0.875. The van der Waals surface area contributed by atoms with Crippen molar-refractivity contribution in [2.45, 2.75) is 26.8 Å². The lowest BCUT2D eigenvalue weighted by Crippen LogP contribution is -2.63. The first kappa shape index (κ1) is 12.3. The highest BCUT2D eigenvalue weighted by atomic mass is 19.3. The molecule has 0 rings (SSSR count). The second-order valence-corrected chi connectivity index (χ2v) is 2.94. The summed E-state index contributed by atoms with van der Waals surface area (Å²) in [6.07, 6.45) is 0. The molecule has 0 saturated carbocycles. The molecule has 3 nitrogen and oxygen atoms in total. The quantitative estimate of drug-likeness (QED) is 0.535. The largest absolute Gasteiger partial charge is 0.491 e. The molecule has 0 saturated heterocycles. The summed E-state index contributed by atoms with van der Waals surface area (Å²) in [6, 6.07) is -3.68. The molecule has 0 aromatic rings. The SMILES string of the molecule is CC[N+](CC)(CC)C(F)(F)C(=O)O. The number of nitrogens with zero attached hydrogens (tertiary/aromatic N) is 1. The van der Waals surface area contributed by atoms with E-state index in [-0.39, 0.29) is 19.6 Å². The molecule has 13 heavy (non-hydrogen) atoms. The second kappa shape index (κ2) is 4.00. The number of carboxylic acids is 1. The number of alkyl halides is 2. The molecule has 0 radical (unpaired) electrons. The fourth-order valence-electron chi connectivity index (χ4n) is 1.47. The van der Waals surface area contributed by atoms with Gasteiger partial charge < -0.3 is 5.11 Å². The normalized spacial score (nSPS) is 13.0. The van der Waals surface area contributed by atoms with E-state index in [0.29, 0.717) is 0 Å². The molecule has 0 aromatic heterocycles. The van der Waals surface area contributed by atoms with Gasteiger partial charge in [-0.05, 0) is 20.8 Å². The number of quaternary nitrogens is 1. The topological polar surface area (TPSA) is 37.3 Å². The summed E-state index contributed by atoms with van der Waals surface area (Å²) in [7, 11) is 0. The van der Waals surface area contributed by atoms with Gasteiger partial charge in [0.1, 0.15) is 0 Å². The van der Waals surface area contributed by atoms with Gasteiger partial charge in [-0.3, -0.25) is 4.48 Å². The zero-order chi connectivity index (χ0) is 10.7. The number of carboxylic acid groups (broad SMARTS) is 1. The van der Waals surface area contributed by atoms with Crippen LogP contribution in [-0.2, 0) is 4.79 Å². The number of rotatable bonds is 5. The van der Waals surface area contributed by atoms with E-state index in [4.69, 9.17) is 5.11 Å². The van der Waals surface area contributed by atoms with Gasteiger partial charge in [0.05, 0.1) is 19.6 Å². The average Bonchev–Trinajstić information content (AvgIpc) is 2.08. The number of halogens is 2. The van der Waals surface area contributed by atoms with Crippen molar-refractivity contribution in [2.75, 3.05) is 19.6 Å². The van der Waals surface area contributed by atoms with Crippen LogP contribution in [0.1, 0.15) is 20.8 Å². The molecule has 0 aliphatic rings. The van der Waals surface area contributed by atoms with Crippen molar-refractivity contribution < 1.29 is 23.2 Å². The van der Waals surface area contributed by atoms with Crippen molar-refractivity contribution in [1.82, 2.24) is 0 Å². The van der Waals surface area contributed by atoms with Gasteiger partial charge in [-0.2, -0.15) is 0 Å². The third kappa shape index (κ3) is 1.80. The van der Waals surface area contributed by atoms with Gasteiger partial charge in [0.25, 0.3) is 0 Å². The lowest BCUT2D eigenvalue weighted by molar-refractivity contribution is -0.994. The minimum absolute atomic E-state index is 0.117. The van der Waals surface area contributed by atoms with E-state index in [2.05, 4.69) is 0 Å². The molecule has 1 N–H and O–H groups in total. The summed E-state index contributed by atoms with van der Waals surface area (Å²) in [6.45, 7) is 5.07. The highest BCUT2D eigenvalue weighted by molar-refractivity contribution is 5.73. The number of aliphatic carboxylic acids is 1. The molecular weight excluding hydrogens is 180 g/mol. The van der Waals surface area contributed by atoms with Gasteiger partial charge in [0, 0.05) is 0 Å². The van der Waals surface area contributed by atoms with Gasteiger partial charge in [-0.1, -0.05) is 0 Å². The summed E-state index contributed by atoms with van der Waals surface area (Å²) in [5.74, 6) is -2.04. The van der Waals surface area contributed by atoms with Crippen molar-refractivity contribution in [3.05, 3.63) is 0 Å². The molecule has 0 amide bonds. The standard InChI is InChI=1S/C8H15F2NO2/c1-4-11(5-2,6-3)8(9,10)7(12)13/h4-6H2,1-3H3/p+1. The Morgan fingerprint density at radius 1 is 1.23 bits per heavy atom. The molecule has 0 fully saturated rings. The zero-order valence-electron chi connectivity index (χ0n) is 8.18. The predicted molar refractivity (Wildman–Crippen MR) is 44.5 cm³/mol. The van der Waals surface area contributed by atoms with Gasteiger partial charge in [0.2, 0.25) is 0 Å². The van der Waals surface area contributed by atoms with Gasteiger partial charge in [0.15, 0.2) is 0 Å². The second-order valence-electron chi connectivity index (χ2n) is 2.94. The summed E-state index contributed by atoms with van der Waals surface area (Å²) in [4.78, 5) is 10.4. The zero-order valence-corrected chi connectivity index (χ0v) is 8.18. The summed E-state index contributed by atoms with van der Waals surface area (Å²) >= 11 is 0. The van der Waals surface area contributed by atoms with Crippen molar-refractivity contribution in [3.63, 3.8) is 0 Å². The van der Waals surface area contributed by atoms with Crippen LogP contribution in [0.25, 0.3) is 0 Å². The van der Waals surface area contributed by atoms with Crippen LogP contribution < -0.4 is 0 Å². The highest BCUT2D eigenvalue weighted by Gasteiger charge is 2.57. The number of likely N-dealkylation sites (N-methyl/N-ethyl adjacent to an activating group) is 1. The van der Waals surface area contributed by atoms with Crippen LogP contribution in [0.4, 0.5) is 8.78 Å². The van der Waals surface area contributed by atoms with E-state index in [1.807, 2.05) is 0 Å². The molecule has 0 unspecified atom stereocenters. The number of hydrogen-bond donors (Lipinski definition) is 1. The Balaban J connectivity index is 5.02. The summed E-state index contributed by atoms with van der Waals surface area (Å²) < 4.78 is 25.8. The molecule has 0 bridgehead atoms. The van der Waals surface area contributed by atoms with E-state index in [0.717, 1.165) is 0 Å². The van der Waals surface area contributed by atoms with Crippen LogP contribution in [-0.4, -0.2) is 41.2 Å². The molecule has 5 heteroatoms. The van der Waals surface area contributed by atoms with Crippen LogP contribution in [0.5, 0.6) is 0 Å². The predicted octanol–water partition coefficient (Wildman–Crippen LogP) is 1.54. The fourth-order valence-corrected chi connectivity index (χ4v) is 1.47. The molecule has 0 aliphatic heterocycles. The molecule has 0 atom stereocenters. The summed E-state index contributed by atoms with van der Waals surface area (Å²) in [5.41, 5.74) is 0. The van der Waals surface area contributed by atoms with Crippen LogP contribution in [0.3, 0.4) is 0 Å². The van der Waals surface area contributed by atoms with Crippen LogP contribution in [0, 0.1) is 0 Å². The van der Waals surface area contributed by atoms with Gasteiger partial charge in [-0.25, -0.2) is 4.79 Å². The minimum Gasteiger partial charge on any atom is -0.472 e. The molecule has 0 heterocycles. The van der Waals surface area contributed by atoms with Crippen molar-refractivity contribution in [1.29, 1.82) is 0 Å². The minimum atomic E-state index is -3.68. The third-order valence-corrected chi connectivity index (χ3v) is 2.67. The van der Waals surface area contributed by atoms with Gasteiger partial charge in [-0.15, -0.1) is 8.78 Å². The maximum Gasteiger partial charge on any atom is 0.491 e. The molecule has 0 aliphatic carbocycles.